The van der Waals surface area contributed by atoms with Crippen LogP contribution in [-0.4, -0.2) is 0 Å². The molecule has 0 aromatic heterocycles. The minimum atomic E-state index is 0.297. The summed E-state index contributed by atoms with van der Waals surface area (Å²) in [6.45, 7) is 0.297. The molecule has 3 aromatic carbocycles. The summed E-state index contributed by atoms with van der Waals surface area (Å²) < 4.78 is 6.62. The van der Waals surface area contributed by atoms with Gasteiger partial charge < -0.3 is 4.74 Å². The molecule has 28 heavy (non-hydrogen) atoms. The Morgan fingerprint density at radius 1 is 1.04 bits per heavy atom. The minimum Gasteiger partial charge on any atom is -0.488 e. The highest BCUT2D eigenvalue weighted by Crippen LogP contribution is 2.29. The molecule has 0 spiro atoms. The zero-order chi connectivity index (χ0) is 19.9. The Kier molecular flexibility index (Phi) is 6.50. The smallest absolute Gasteiger partial charge is 0.134 e. The fourth-order valence-corrected chi connectivity index (χ4v) is 3.25. The number of rotatable bonds is 5. The monoisotopic (exact) mass is 448 g/mol. The van der Waals surface area contributed by atoms with E-state index < -0.39 is 0 Å². The van der Waals surface area contributed by atoms with E-state index in [0.29, 0.717) is 28.5 Å². The van der Waals surface area contributed by atoms with Crippen LogP contribution < -0.4 is 4.74 Å². The molecule has 0 N–H and O–H groups in total. The van der Waals surface area contributed by atoms with Crippen molar-refractivity contribution in [3.63, 3.8) is 0 Å². The summed E-state index contributed by atoms with van der Waals surface area (Å²) in [5.41, 5.74) is 3.63. The number of hydrogen-bond acceptors (Lipinski definition) is 3. The van der Waals surface area contributed by atoms with Crippen molar-refractivity contribution in [2.75, 3.05) is 0 Å². The zero-order valence-corrected chi connectivity index (χ0v) is 17.0. The van der Waals surface area contributed by atoms with Crippen LogP contribution in [0.3, 0.4) is 0 Å². The average molecular weight is 450 g/mol. The molecule has 0 aliphatic rings. The second kappa shape index (κ2) is 9.24. The largest absolute Gasteiger partial charge is 0.488 e. The average Bonchev–Trinajstić information content (AvgIpc) is 2.72. The first-order chi connectivity index (χ1) is 13.6. The Morgan fingerprint density at radius 2 is 1.79 bits per heavy atom. The molecule has 0 fully saturated rings. The van der Waals surface area contributed by atoms with E-state index >= 15 is 0 Å². The van der Waals surface area contributed by atoms with E-state index in [1.54, 1.807) is 18.2 Å². The fourth-order valence-electron chi connectivity index (χ4n) is 2.61. The van der Waals surface area contributed by atoms with Gasteiger partial charge in [-0.25, -0.2) is 0 Å². The molecule has 3 aromatic rings. The van der Waals surface area contributed by atoms with Crippen molar-refractivity contribution in [2.45, 2.75) is 6.61 Å². The van der Waals surface area contributed by atoms with E-state index in [1.165, 1.54) is 0 Å². The van der Waals surface area contributed by atoms with Crippen LogP contribution in [0.1, 0.15) is 22.3 Å². The van der Waals surface area contributed by atoms with Crippen molar-refractivity contribution in [3.8, 4) is 17.9 Å². The summed E-state index contributed by atoms with van der Waals surface area (Å²) in [5, 5.41) is 19.3. The van der Waals surface area contributed by atoms with Crippen molar-refractivity contribution >= 4 is 39.2 Å². The van der Waals surface area contributed by atoms with E-state index in [2.05, 4.69) is 28.1 Å². The van der Waals surface area contributed by atoms with E-state index in [4.69, 9.17) is 21.6 Å². The number of benzene rings is 3. The normalized spacial score (nSPS) is 10.8. The highest BCUT2D eigenvalue weighted by molar-refractivity contribution is 9.10. The van der Waals surface area contributed by atoms with E-state index in [-0.39, 0.29) is 0 Å². The molecular weight excluding hydrogens is 436 g/mol. The van der Waals surface area contributed by atoms with Gasteiger partial charge in [0.05, 0.1) is 27.7 Å². The van der Waals surface area contributed by atoms with E-state index in [1.807, 2.05) is 54.6 Å². The van der Waals surface area contributed by atoms with Crippen LogP contribution >= 0.6 is 27.5 Å². The van der Waals surface area contributed by atoms with Gasteiger partial charge in [0, 0.05) is 10.6 Å². The van der Waals surface area contributed by atoms with Crippen LogP contribution in [0.25, 0.3) is 11.6 Å². The molecule has 5 heteroatoms. The molecule has 0 bridgehead atoms. The molecule has 0 aliphatic carbocycles. The highest BCUT2D eigenvalue weighted by atomic mass is 79.9. The van der Waals surface area contributed by atoms with Gasteiger partial charge in [-0.3, -0.25) is 0 Å². The van der Waals surface area contributed by atoms with Gasteiger partial charge in [0.2, 0.25) is 0 Å². The third-order valence-electron chi connectivity index (χ3n) is 4.06. The predicted molar refractivity (Wildman–Crippen MR) is 115 cm³/mol. The summed E-state index contributed by atoms with van der Waals surface area (Å²) in [7, 11) is 0. The number of nitrogens with zero attached hydrogens (tertiary/aromatic N) is 2. The van der Waals surface area contributed by atoms with Crippen LogP contribution in [0, 0.1) is 22.7 Å². The van der Waals surface area contributed by atoms with Crippen LogP contribution in [0.4, 0.5) is 0 Å². The van der Waals surface area contributed by atoms with Gasteiger partial charge >= 0.3 is 0 Å². The lowest BCUT2D eigenvalue weighted by atomic mass is 10.0. The van der Waals surface area contributed by atoms with E-state index in [0.717, 1.165) is 21.2 Å². The van der Waals surface area contributed by atoms with Gasteiger partial charge in [-0.05, 0) is 63.5 Å². The lowest BCUT2D eigenvalue weighted by Crippen LogP contribution is -1.98. The first-order valence-electron chi connectivity index (χ1n) is 8.39. The number of hydrogen-bond donors (Lipinski definition) is 0. The second-order valence-electron chi connectivity index (χ2n) is 5.92. The van der Waals surface area contributed by atoms with Gasteiger partial charge in [0.25, 0.3) is 0 Å². The van der Waals surface area contributed by atoms with Crippen LogP contribution in [0.5, 0.6) is 5.75 Å². The zero-order valence-electron chi connectivity index (χ0n) is 14.7. The SMILES string of the molecule is N#C/C(=C/c1ccc(OCc2ccccc2C#N)c(Br)c1)c1ccc(Cl)cc1. The summed E-state index contributed by atoms with van der Waals surface area (Å²) >= 11 is 9.42. The molecule has 136 valence electrons. The summed E-state index contributed by atoms with van der Waals surface area (Å²) in [5.74, 6) is 0.662. The Labute approximate surface area is 177 Å². The van der Waals surface area contributed by atoms with Crippen molar-refractivity contribution in [1.82, 2.24) is 0 Å². The maximum absolute atomic E-state index is 9.48. The second-order valence-corrected chi connectivity index (χ2v) is 7.21. The quantitative estimate of drug-likeness (QED) is 0.325. The molecule has 0 saturated carbocycles. The van der Waals surface area contributed by atoms with Crippen molar-refractivity contribution < 1.29 is 4.74 Å². The van der Waals surface area contributed by atoms with Crippen LogP contribution in [0.15, 0.2) is 71.2 Å². The third kappa shape index (κ3) is 4.81. The molecule has 0 unspecified atom stereocenters. The Hall–Kier alpha value is -3.05. The summed E-state index contributed by atoms with van der Waals surface area (Å²) in [6.07, 6.45) is 1.81. The standard InChI is InChI=1S/C23H14BrClN2O/c24-22-12-16(11-20(14-27)17-6-8-21(25)9-7-17)5-10-23(22)28-15-19-4-2-1-3-18(19)13-26/h1-12H,15H2/b20-11-. The Morgan fingerprint density at radius 3 is 2.46 bits per heavy atom. The number of nitriles is 2. The van der Waals surface area contributed by atoms with Gasteiger partial charge in [0.15, 0.2) is 0 Å². The molecule has 3 nitrogen and oxygen atoms in total. The summed E-state index contributed by atoms with van der Waals surface area (Å²) in [4.78, 5) is 0. The lowest BCUT2D eigenvalue weighted by molar-refractivity contribution is 0.304. The Bertz CT molecular complexity index is 1110. The molecule has 3 rings (SSSR count). The maximum Gasteiger partial charge on any atom is 0.134 e. The maximum atomic E-state index is 9.48. The lowest BCUT2D eigenvalue weighted by Gasteiger charge is -2.10. The predicted octanol–water partition coefficient (Wildman–Crippen LogP) is 6.62. The van der Waals surface area contributed by atoms with Crippen molar-refractivity contribution in [3.05, 3.63) is 98.5 Å². The van der Waals surface area contributed by atoms with Gasteiger partial charge in [-0.2, -0.15) is 10.5 Å². The molecule has 0 heterocycles. The first kappa shape index (κ1) is 19.7. The first-order valence-corrected chi connectivity index (χ1v) is 9.56. The molecule has 0 saturated heterocycles. The van der Waals surface area contributed by atoms with E-state index in [9.17, 15) is 5.26 Å². The number of halogens is 2. The molecule has 0 atom stereocenters. The molecule has 0 aliphatic heterocycles. The third-order valence-corrected chi connectivity index (χ3v) is 4.94. The fraction of sp³-hybridized carbons (Fsp3) is 0.0435. The van der Waals surface area contributed by atoms with Crippen molar-refractivity contribution in [2.24, 2.45) is 0 Å². The van der Waals surface area contributed by atoms with Gasteiger partial charge in [-0.15, -0.1) is 0 Å². The topological polar surface area (TPSA) is 56.8 Å². The van der Waals surface area contributed by atoms with Crippen LogP contribution in [-0.2, 0) is 6.61 Å². The van der Waals surface area contributed by atoms with Gasteiger partial charge in [0.1, 0.15) is 12.4 Å². The molecular formula is C23H14BrClN2O. The summed E-state index contributed by atoms with van der Waals surface area (Å²) in [6, 6.07) is 24.5. The molecule has 0 radical (unpaired) electrons. The highest BCUT2D eigenvalue weighted by Gasteiger charge is 2.07. The number of allylic oxidation sites excluding steroid dienone is 1. The van der Waals surface area contributed by atoms with Crippen molar-refractivity contribution in [1.29, 1.82) is 10.5 Å². The molecule has 0 amide bonds. The van der Waals surface area contributed by atoms with Crippen LogP contribution in [0.2, 0.25) is 5.02 Å². The number of ether oxygens (including phenoxy) is 1. The minimum absolute atomic E-state index is 0.297. The Balaban J connectivity index is 1.79. The van der Waals surface area contributed by atoms with Gasteiger partial charge in [-0.1, -0.05) is 48.0 Å².